The molecule has 1 aliphatic carbocycles. The maximum atomic E-state index is 10.3. The standard InChI is InChI=1S/C20H25N3O3S2/c1-11-16(23-18(21-11)27-17(22-23)19(2,3)25)12-6-7-14(26-5)15(8-12)28-20(4)9-13(24)10-20/h6-8,13,24-25H,9-10H2,1-5H3. The normalized spacial score (nSPS) is 22.5. The summed E-state index contributed by atoms with van der Waals surface area (Å²) < 4.78 is 7.41. The molecule has 6 nitrogen and oxygen atoms in total. The van der Waals surface area contributed by atoms with E-state index in [-0.39, 0.29) is 10.9 Å². The van der Waals surface area contributed by atoms with Crippen LogP contribution in [0.5, 0.6) is 5.75 Å². The lowest BCUT2D eigenvalue weighted by atomic mass is 9.83. The van der Waals surface area contributed by atoms with Crippen molar-refractivity contribution in [2.24, 2.45) is 0 Å². The Morgan fingerprint density at radius 2 is 2.07 bits per heavy atom. The van der Waals surface area contributed by atoms with Gasteiger partial charge in [0.2, 0.25) is 4.96 Å². The zero-order valence-electron chi connectivity index (χ0n) is 16.7. The van der Waals surface area contributed by atoms with E-state index >= 15 is 0 Å². The van der Waals surface area contributed by atoms with Crippen molar-refractivity contribution in [1.82, 2.24) is 14.6 Å². The molecule has 1 aliphatic rings. The molecule has 3 aromatic rings. The summed E-state index contributed by atoms with van der Waals surface area (Å²) in [5, 5.41) is 25.3. The van der Waals surface area contributed by atoms with E-state index in [2.05, 4.69) is 23.1 Å². The molecule has 8 heteroatoms. The lowest BCUT2D eigenvalue weighted by Crippen LogP contribution is -2.41. The molecule has 28 heavy (non-hydrogen) atoms. The van der Waals surface area contributed by atoms with E-state index in [1.165, 1.54) is 11.3 Å². The zero-order chi connectivity index (χ0) is 20.3. The second-order valence-electron chi connectivity index (χ2n) is 8.19. The van der Waals surface area contributed by atoms with Gasteiger partial charge in [0.05, 0.1) is 29.5 Å². The Kier molecular flexibility index (Phi) is 4.73. The van der Waals surface area contributed by atoms with E-state index in [0.29, 0.717) is 5.01 Å². The van der Waals surface area contributed by atoms with E-state index < -0.39 is 5.60 Å². The van der Waals surface area contributed by atoms with Crippen molar-refractivity contribution in [2.75, 3.05) is 7.11 Å². The summed E-state index contributed by atoms with van der Waals surface area (Å²) in [4.78, 5) is 6.46. The smallest absolute Gasteiger partial charge is 0.213 e. The monoisotopic (exact) mass is 419 g/mol. The van der Waals surface area contributed by atoms with Crippen LogP contribution >= 0.6 is 23.1 Å². The van der Waals surface area contributed by atoms with Gasteiger partial charge in [-0.05, 0) is 58.7 Å². The first-order valence-corrected chi connectivity index (χ1v) is 10.9. The number of aliphatic hydroxyl groups excluding tert-OH is 1. The fourth-order valence-corrected chi connectivity index (χ4v) is 6.08. The van der Waals surface area contributed by atoms with Gasteiger partial charge in [-0.25, -0.2) is 9.50 Å². The molecule has 4 rings (SSSR count). The number of hydrogen-bond donors (Lipinski definition) is 2. The molecule has 0 amide bonds. The molecular weight excluding hydrogens is 394 g/mol. The highest BCUT2D eigenvalue weighted by atomic mass is 32.2. The number of aromatic nitrogens is 3. The molecule has 0 spiro atoms. The maximum absolute atomic E-state index is 10.3. The van der Waals surface area contributed by atoms with Crippen molar-refractivity contribution in [2.45, 2.75) is 61.9 Å². The lowest BCUT2D eigenvalue weighted by Gasteiger charge is -2.42. The van der Waals surface area contributed by atoms with Crippen LogP contribution in [0.3, 0.4) is 0 Å². The molecule has 1 saturated carbocycles. The third-order valence-electron chi connectivity index (χ3n) is 5.03. The van der Waals surface area contributed by atoms with Gasteiger partial charge in [0.15, 0.2) is 0 Å². The number of imidazole rings is 1. The Labute approximate surface area is 172 Å². The number of thioether (sulfide) groups is 1. The van der Waals surface area contributed by atoms with Gasteiger partial charge in [-0.15, -0.1) is 11.8 Å². The van der Waals surface area contributed by atoms with Crippen LogP contribution in [-0.4, -0.2) is 42.8 Å². The van der Waals surface area contributed by atoms with Gasteiger partial charge in [-0.3, -0.25) is 0 Å². The molecule has 0 saturated heterocycles. The predicted octanol–water partition coefficient (Wildman–Crippen LogP) is 4.01. The Hall–Kier alpha value is -1.61. The Balaban J connectivity index is 1.78. The molecule has 0 radical (unpaired) electrons. The van der Waals surface area contributed by atoms with Crippen LogP contribution in [0.2, 0.25) is 0 Å². The Morgan fingerprint density at radius 1 is 1.36 bits per heavy atom. The predicted molar refractivity (Wildman–Crippen MR) is 112 cm³/mol. The number of fused-ring (bicyclic) bond motifs is 1. The van der Waals surface area contributed by atoms with Gasteiger partial charge in [-0.2, -0.15) is 5.10 Å². The van der Waals surface area contributed by atoms with Crippen molar-refractivity contribution < 1.29 is 14.9 Å². The van der Waals surface area contributed by atoms with Crippen molar-refractivity contribution >= 4 is 28.1 Å². The first-order valence-electron chi connectivity index (χ1n) is 9.24. The van der Waals surface area contributed by atoms with E-state index in [9.17, 15) is 10.2 Å². The largest absolute Gasteiger partial charge is 0.496 e. The van der Waals surface area contributed by atoms with Crippen molar-refractivity contribution in [3.05, 3.63) is 28.9 Å². The van der Waals surface area contributed by atoms with Gasteiger partial charge in [-0.1, -0.05) is 11.3 Å². The SMILES string of the molecule is COc1ccc(-c2c(C)nc3sc(C(C)(C)O)nn23)cc1SC1(C)CC(O)C1. The summed E-state index contributed by atoms with van der Waals surface area (Å²) in [6, 6.07) is 6.09. The topological polar surface area (TPSA) is 79.9 Å². The number of aliphatic hydroxyl groups is 2. The lowest BCUT2D eigenvalue weighted by molar-refractivity contribution is 0.0681. The van der Waals surface area contributed by atoms with Crippen LogP contribution < -0.4 is 4.74 Å². The fourth-order valence-electron chi connectivity index (χ4n) is 3.62. The van der Waals surface area contributed by atoms with Gasteiger partial charge < -0.3 is 14.9 Å². The minimum Gasteiger partial charge on any atom is -0.496 e. The highest BCUT2D eigenvalue weighted by Crippen LogP contribution is 2.50. The quantitative estimate of drug-likeness (QED) is 0.651. The fraction of sp³-hybridized carbons (Fsp3) is 0.500. The van der Waals surface area contributed by atoms with E-state index in [1.807, 2.05) is 23.6 Å². The molecule has 2 heterocycles. The van der Waals surface area contributed by atoms with Crippen LogP contribution in [0, 0.1) is 6.92 Å². The number of benzene rings is 1. The maximum Gasteiger partial charge on any atom is 0.213 e. The number of hydrogen-bond acceptors (Lipinski definition) is 7. The molecule has 0 atom stereocenters. The molecule has 0 unspecified atom stereocenters. The number of methoxy groups -OCH3 is 1. The van der Waals surface area contributed by atoms with E-state index in [4.69, 9.17) is 4.74 Å². The number of aryl methyl sites for hydroxylation is 1. The van der Waals surface area contributed by atoms with Gasteiger partial charge in [0, 0.05) is 10.3 Å². The number of rotatable bonds is 5. The summed E-state index contributed by atoms with van der Waals surface area (Å²) in [6.07, 6.45) is 1.35. The first-order chi connectivity index (χ1) is 13.1. The van der Waals surface area contributed by atoms with Gasteiger partial charge in [0.25, 0.3) is 0 Å². The summed E-state index contributed by atoms with van der Waals surface area (Å²) >= 11 is 3.15. The van der Waals surface area contributed by atoms with Gasteiger partial charge in [0.1, 0.15) is 16.4 Å². The molecule has 2 aromatic heterocycles. The van der Waals surface area contributed by atoms with Crippen molar-refractivity contribution in [1.29, 1.82) is 0 Å². The van der Waals surface area contributed by atoms with Crippen LogP contribution in [-0.2, 0) is 5.60 Å². The van der Waals surface area contributed by atoms with Crippen LogP contribution in [0.15, 0.2) is 23.1 Å². The van der Waals surface area contributed by atoms with Crippen LogP contribution in [0.4, 0.5) is 0 Å². The number of nitrogens with zero attached hydrogens (tertiary/aromatic N) is 3. The molecule has 2 N–H and O–H groups in total. The molecule has 1 fully saturated rings. The highest BCUT2D eigenvalue weighted by Gasteiger charge is 2.40. The second-order valence-corrected chi connectivity index (χ2v) is 10.8. The summed E-state index contributed by atoms with van der Waals surface area (Å²) in [5.74, 6) is 0.824. The van der Waals surface area contributed by atoms with Crippen molar-refractivity contribution in [3.63, 3.8) is 0 Å². The third kappa shape index (κ3) is 3.43. The summed E-state index contributed by atoms with van der Waals surface area (Å²) in [7, 11) is 1.68. The molecular formula is C20H25N3O3S2. The molecule has 0 aliphatic heterocycles. The average molecular weight is 420 g/mol. The molecule has 1 aromatic carbocycles. The van der Waals surface area contributed by atoms with Crippen LogP contribution in [0.25, 0.3) is 16.2 Å². The minimum absolute atomic E-state index is 0.0157. The van der Waals surface area contributed by atoms with Crippen molar-refractivity contribution in [3.8, 4) is 17.0 Å². The van der Waals surface area contributed by atoms with Gasteiger partial charge >= 0.3 is 0 Å². The first kappa shape index (κ1) is 19.7. The summed E-state index contributed by atoms with van der Waals surface area (Å²) in [5.41, 5.74) is 1.82. The van der Waals surface area contributed by atoms with Crippen LogP contribution in [0.1, 0.15) is 44.3 Å². The van der Waals surface area contributed by atoms with E-state index in [1.54, 1.807) is 32.7 Å². The zero-order valence-corrected chi connectivity index (χ0v) is 18.3. The number of ether oxygens (including phenoxy) is 1. The minimum atomic E-state index is -1.00. The Morgan fingerprint density at radius 3 is 2.68 bits per heavy atom. The molecule has 0 bridgehead atoms. The molecule has 150 valence electrons. The highest BCUT2D eigenvalue weighted by molar-refractivity contribution is 8.00. The third-order valence-corrected chi connectivity index (χ3v) is 7.62. The Bertz CT molecular complexity index is 1030. The summed E-state index contributed by atoms with van der Waals surface area (Å²) in [6.45, 7) is 7.61. The average Bonchev–Trinajstić information content (AvgIpc) is 3.10. The van der Waals surface area contributed by atoms with E-state index in [0.717, 1.165) is 45.4 Å². The second kappa shape index (κ2) is 6.73.